The Balaban J connectivity index is 2.94. The summed E-state index contributed by atoms with van der Waals surface area (Å²) in [5, 5.41) is 8.72. The first-order valence-electron chi connectivity index (χ1n) is 2.52. The molecule has 0 spiro atoms. The molecular formula is C6H6FNO. The van der Waals surface area contributed by atoms with Crippen molar-refractivity contribution in [1.82, 2.24) is 4.98 Å². The van der Waals surface area contributed by atoms with Crippen molar-refractivity contribution in [2.24, 2.45) is 0 Å². The van der Waals surface area contributed by atoms with Crippen molar-refractivity contribution in [3.63, 3.8) is 0 Å². The van der Waals surface area contributed by atoms with Crippen LogP contribution in [0.2, 0.25) is 0 Å². The van der Waals surface area contributed by atoms with E-state index in [0.29, 0.717) is 5.56 Å². The lowest BCUT2D eigenvalue weighted by atomic mass is 10.3. The molecule has 0 radical (unpaired) electrons. The summed E-state index contributed by atoms with van der Waals surface area (Å²) in [5.41, 5.74) is 0.398. The largest absolute Gasteiger partial charge is 0.506 e. The average molecular weight is 127 g/mol. The molecule has 2 nitrogen and oxygen atoms in total. The number of rotatable bonds is 1. The van der Waals surface area contributed by atoms with Crippen LogP contribution in [-0.2, 0) is 6.67 Å². The van der Waals surface area contributed by atoms with Crippen LogP contribution >= 0.6 is 0 Å². The van der Waals surface area contributed by atoms with E-state index in [2.05, 4.69) is 4.98 Å². The number of hydrogen-bond acceptors (Lipinski definition) is 2. The van der Waals surface area contributed by atoms with Crippen molar-refractivity contribution in [3.05, 3.63) is 24.0 Å². The fourth-order valence-electron chi connectivity index (χ4n) is 0.547. The molecule has 0 aromatic carbocycles. The molecule has 0 unspecified atom stereocenters. The predicted molar refractivity (Wildman–Crippen MR) is 30.7 cm³/mol. The highest BCUT2D eigenvalue weighted by molar-refractivity contribution is 5.20. The molecule has 0 aliphatic heterocycles. The zero-order valence-electron chi connectivity index (χ0n) is 4.71. The second-order valence-electron chi connectivity index (χ2n) is 1.69. The topological polar surface area (TPSA) is 33.1 Å². The number of pyridine rings is 1. The van der Waals surface area contributed by atoms with E-state index in [0.717, 1.165) is 0 Å². The van der Waals surface area contributed by atoms with Gasteiger partial charge >= 0.3 is 0 Å². The molecule has 1 N–H and O–H groups in total. The molecule has 1 rings (SSSR count). The quantitative estimate of drug-likeness (QED) is 0.616. The fraction of sp³-hybridized carbons (Fsp3) is 0.167. The summed E-state index contributed by atoms with van der Waals surface area (Å²) in [4.78, 5) is 3.57. The minimum atomic E-state index is -0.582. The van der Waals surface area contributed by atoms with E-state index >= 15 is 0 Å². The van der Waals surface area contributed by atoms with Gasteiger partial charge in [-0.05, 0) is 6.07 Å². The van der Waals surface area contributed by atoms with Crippen molar-refractivity contribution in [2.45, 2.75) is 6.67 Å². The highest BCUT2D eigenvalue weighted by atomic mass is 19.1. The van der Waals surface area contributed by atoms with Gasteiger partial charge in [-0.25, -0.2) is 4.39 Å². The molecule has 0 atom stereocenters. The second-order valence-corrected chi connectivity index (χ2v) is 1.69. The van der Waals surface area contributed by atoms with Crippen LogP contribution in [0, 0.1) is 0 Å². The van der Waals surface area contributed by atoms with E-state index in [1.165, 1.54) is 18.5 Å². The van der Waals surface area contributed by atoms with Crippen LogP contribution in [0.15, 0.2) is 18.5 Å². The predicted octanol–water partition coefficient (Wildman–Crippen LogP) is 1.26. The SMILES string of the molecule is Oc1cncc(CF)c1. The zero-order chi connectivity index (χ0) is 6.69. The first-order valence-corrected chi connectivity index (χ1v) is 2.52. The highest BCUT2D eigenvalue weighted by Gasteiger charge is 1.91. The standard InChI is InChI=1S/C6H6FNO/c7-2-5-1-6(9)4-8-3-5/h1,3-4,9H,2H2. The molecular weight excluding hydrogens is 121 g/mol. The molecule has 1 aromatic rings. The average Bonchev–Trinajstić information content (AvgIpc) is 1.88. The summed E-state index contributed by atoms with van der Waals surface area (Å²) < 4.78 is 11.8. The van der Waals surface area contributed by atoms with Crippen LogP contribution in [0.3, 0.4) is 0 Å². The second kappa shape index (κ2) is 2.44. The van der Waals surface area contributed by atoms with Crippen LogP contribution in [0.25, 0.3) is 0 Å². The maximum absolute atomic E-state index is 11.8. The van der Waals surface area contributed by atoms with Gasteiger partial charge in [0.25, 0.3) is 0 Å². The number of aromatic hydroxyl groups is 1. The van der Waals surface area contributed by atoms with Gasteiger partial charge in [0.05, 0.1) is 6.20 Å². The molecule has 0 aliphatic carbocycles. The molecule has 0 amide bonds. The van der Waals surface area contributed by atoms with Crippen LogP contribution in [0.1, 0.15) is 5.56 Å². The van der Waals surface area contributed by atoms with E-state index in [1.54, 1.807) is 0 Å². The number of nitrogens with zero attached hydrogens (tertiary/aromatic N) is 1. The summed E-state index contributed by atoms with van der Waals surface area (Å²) in [5.74, 6) is 0.00477. The summed E-state index contributed by atoms with van der Waals surface area (Å²) in [7, 11) is 0. The Hall–Kier alpha value is -1.12. The number of hydrogen-bond donors (Lipinski definition) is 1. The molecule has 0 aliphatic rings. The van der Waals surface area contributed by atoms with E-state index in [-0.39, 0.29) is 5.75 Å². The summed E-state index contributed by atoms with van der Waals surface area (Å²) in [6.45, 7) is -0.582. The highest BCUT2D eigenvalue weighted by Crippen LogP contribution is 2.08. The maximum Gasteiger partial charge on any atom is 0.134 e. The Morgan fingerprint density at radius 3 is 2.78 bits per heavy atom. The van der Waals surface area contributed by atoms with Crippen LogP contribution < -0.4 is 0 Å². The van der Waals surface area contributed by atoms with Crippen LogP contribution in [-0.4, -0.2) is 10.1 Å². The lowest BCUT2D eigenvalue weighted by molar-refractivity contribution is 0.459. The number of halogens is 1. The third-order valence-electron chi connectivity index (χ3n) is 0.935. The summed E-state index contributed by atoms with van der Waals surface area (Å²) >= 11 is 0. The van der Waals surface area contributed by atoms with Crippen molar-refractivity contribution in [2.75, 3.05) is 0 Å². The fourth-order valence-corrected chi connectivity index (χ4v) is 0.547. The molecule has 0 bridgehead atoms. The van der Waals surface area contributed by atoms with E-state index in [1.807, 2.05) is 0 Å². The first kappa shape index (κ1) is 6.01. The molecule has 1 heterocycles. The van der Waals surface area contributed by atoms with Crippen LogP contribution in [0.5, 0.6) is 5.75 Å². The summed E-state index contributed by atoms with van der Waals surface area (Å²) in [6, 6.07) is 1.34. The molecule has 0 fully saturated rings. The smallest absolute Gasteiger partial charge is 0.134 e. The van der Waals surface area contributed by atoms with Gasteiger partial charge in [-0.1, -0.05) is 0 Å². The first-order chi connectivity index (χ1) is 4.33. The monoisotopic (exact) mass is 127 g/mol. The van der Waals surface area contributed by atoms with Gasteiger partial charge in [0.2, 0.25) is 0 Å². The zero-order valence-corrected chi connectivity index (χ0v) is 4.71. The van der Waals surface area contributed by atoms with Gasteiger partial charge in [-0.15, -0.1) is 0 Å². The van der Waals surface area contributed by atoms with Crippen molar-refractivity contribution in [1.29, 1.82) is 0 Å². The minimum absolute atomic E-state index is 0.00477. The Morgan fingerprint density at radius 2 is 2.33 bits per heavy atom. The normalized spacial score (nSPS) is 9.44. The lowest BCUT2D eigenvalue weighted by Crippen LogP contribution is -1.78. The third kappa shape index (κ3) is 1.38. The van der Waals surface area contributed by atoms with Crippen LogP contribution in [0.4, 0.5) is 4.39 Å². The Kier molecular flexibility index (Phi) is 1.63. The van der Waals surface area contributed by atoms with Gasteiger partial charge in [0.15, 0.2) is 0 Å². The van der Waals surface area contributed by atoms with Gasteiger partial charge in [-0.2, -0.15) is 0 Å². The van der Waals surface area contributed by atoms with E-state index in [4.69, 9.17) is 5.11 Å². The molecule has 0 saturated carbocycles. The van der Waals surface area contributed by atoms with Gasteiger partial charge in [-0.3, -0.25) is 4.98 Å². The lowest BCUT2D eigenvalue weighted by Gasteiger charge is -1.91. The Labute approximate surface area is 52.0 Å². The third-order valence-corrected chi connectivity index (χ3v) is 0.935. The molecule has 48 valence electrons. The molecule has 9 heavy (non-hydrogen) atoms. The molecule has 0 saturated heterocycles. The van der Waals surface area contributed by atoms with Gasteiger partial charge in [0, 0.05) is 11.8 Å². The van der Waals surface area contributed by atoms with Gasteiger partial charge in [0.1, 0.15) is 12.4 Å². The number of alkyl halides is 1. The Morgan fingerprint density at radius 1 is 1.56 bits per heavy atom. The molecule has 1 aromatic heterocycles. The Bertz CT molecular complexity index is 202. The number of aromatic nitrogens is 1. The maximum atomic E-state index is 11.8. The van der Waals surface area contributed by atoms with E-state index < -0.39 is 6.67 Å². The van der Waals surface area contributed by atoms with E-state index in [9.17, 15) is 4.39 Å². The van der Waals surface area contributed by atoms with Crippen molar-refractivity contribution < 1.29 is 9.50 Å². The van der Waals surface area contributed by atoms with Crippen molar-refractivity contribution >= 4 is 0 Å². The summed E-state index contributed by atoms with van der Waals surface area (Å²) in [6.07, 6.45) is 2.64. The van der Waals surface area contributed by atoms with Crippen molar-refractivity contribution in [3.8, 4) is 5.75 Å². The van der Waals surface area contributed by atoms with Gasteiger partial charge < -0.3 is 5.11 Å². The molecule has 3 heteroatoms. The minimum Gasteiger partial charge on any atom is -0.506 e.